The highest BCUT2D eigenvalue weighted by Gasteiger charge is 2.22. The van der Waals surface area contributed by atoms with Gasteiger partial charge in [0.15, 0.2) is 0 Å². The third kappa shape index (κ3) is 3.94. The molecule has 2 amide bonds. The number of nitrogens with zero attached hydrogens (tertiary/aromatic N) is 3. The van der Waals surface area contributed by atoms with E-state index in [4.69, 9.17) is 5.26 Å². The minimum Gasteiger partial charge on any atom is -0.368 e. The molecule has 1 N–H and O–H groups in total. The Bertz CT molecular complexity index is 822. The van der Waals surface area contributed by atoms with Crippen molar-refractivity contribution in [1.82, 2.24) is 4.90 Å². The number of carbonyl (C=O) groups is 1. The molecule has 128 valence electrons. The maximum Gasteiger partial charge on any atom is 0.322 e. The van der Waals surface area contributed by atoms with E-state index >= 15 is 0 Å². The second-order valence-electron chi connectivity index (χ2n) is 6.00. The normalized spacial score (nSPS) is 14.1. The number of para-hydroxylation sites is 1. The molecule has 1 aliphatic heterocycles. The third-order valence-electron chi connectivity index (χ3n) is 4.36. The van der Waals surface area contributed by atoms with Gasteiger partial charge in [0.05, 0.1) is 11.3 Å². The van der Waals surface area contributed by atoms with Crippen molar-refractivity contribution < 1.29 is 4.79 Å². The molecule has 0 aliphatic carbocycles. The van der Waals surface area contributed by atoms with Gasteiger partial charge in [0.1, 0.15) is 6.07 Å². The lowest BCUT2D eigenvalue weighted by molar-refractivity contribution is 0.208. The van der Waals surface area contributed by atoms with E-state index in [0.717, 1.165) is 17.6 Å². The minimum absolute atomic E-state index is 0.158. The van der Waals surface area contributed by atoms with E-state index in [1.807, 2.05) is 6.07 Å². The molecule has 0 bridgehead atoms. The van der Waals surface area contributed by atoms with Crippen LogP contribution < -0.4 is 10.2 Å². The number of aryl methyl sites for hydroxylation is 1. The molecule has 1 aliphatic rings. The van der Waals surface area contributed by atoms with E-state index in [2.05, 4.69) is 57.3 Å². The van der Waals surface area contributed by atoms with Gasteiger partial charge in [-0.25, -0.2) is 4.79 Å². The molecule has 2 aromatic carbocycles. The molecule has 0 saturated carbocycles. The molecular formula is C19H19BrN4O. The SMILES string of the molecule is Cc1cc(N2CCN(C(=O)Nc3ccccc3C#N)CC2)ccc1Br. The Balaban J connectivity index is 1.61. The second-order valence-corrected chi connectivity index (χ2v) is 6.85. The van der Waals surface area contributed by atoms with Crippen LogP contribution in [0, 0.1) is 18.3 Å². The molecular weight excluding hydrogens is 380 g/mol. The van der Waals surface area contributed by atoms with Crippen LogP contribution in [0.4, 0.5) is 16.2 Å². The lowest BCUT2D eigenvalue weighted by atomic mass is 10.2. The number of piperazine rings is 1. The number of halogens is 1. The van der Waals surface area contributed by atoms with Crippen molar-refractivity contribution in [1.29, 1.82) is 5.26 Å². The fourth-order valence-corrected chi connectivity index (χ4v) is 3.12. The van der Waals surface area contributed by atoms with E-state index in [-0.39, 0.29) is 6.03 Å². The summed E-state index contributed by atoms with van der Waals surface area (Å²) in [6.45, 7) is 4.94. The number of amides is 2. The smallest absolute Gasteiger partial charge is 0.322 e. The monoisotopic (exact) mass is 398 g/mol. The molecule has 1 heterocycles. The zero-order valence-corrected chi connectivity index (χ0v) is 15.6. The minimum atomic E-state index is -0.158. The van der Waals surface area contributed by atoms with Crippen LogP contribution in [-0.2, 0) is 0 Å². The first-order valence-electron chi connectivity index (χ1n) is 8.14. The Morgan fingerprint density at radius 2 is 1.88 bits per heavy atom. The lowest BCUT2D eigenvalue weighted by Crippen LogP contribution is -2.50. The van der Waals surface area contributed by atoms with Crippen LogP contribution in [0.25, 0.3) is 0 Å². The quantitative estimate of drug-likeness (QED) is 0.831. The molecule has 5 nitrogen and oxygen atoms in total. The van der Waals surface area contributed by atoms with Crippen LogP contribution in [0.5, 0.6) is 0 Å². The summed E-state index contributed by atoms with van der Waals surface area (Å²) in [6.07, 6.45) is 0. The number of hydrogen-bond donors (Lipinski definition) is 1. The molecule has 0 unspecified atom stereocenters. The Kier molecular flexibility index (Phi) is 5.25. The number of urea groups is 1. The van der Waals surface area contributed by atoms with Crippen molar-refractivity contribution in [3.05, 3.63) is 58.1 Å². The van der Waals surface area contributed by atoms with Crippen molar-refractivity contribution in [3.8, 4) is 6.07 Å². The number of hydrogen-bond acceptors (Lipinski definition) is 3. The number of anilines is 2. The van der Waals surface area contributed by atoms with Gasteiger partial charge >= 0.3 is 6.03 Å². The van der Waals surface area contributed by atoms with Crippen LogP contribution >= 0.6 is 15.9 Å². The maximum atomic E-state index is 12.5. The standard InChI is InChI=1S/C19H19BrN4O/c1-14-12-16(6-7-17(14)20)23-8-10-24(11-9-23)19(25)22-18-5-3-2-4-15(18)13-21/h2-7,12H,8-11H2,1H3,(H,22,25). The number of nitrogens with one attached hydrogen (secondary N) is 1. The first-order valence-corrected chi connectivity index (χ1v) is 8.94. The maximum absolute atomic E-state index is 12.5. The molecule has 3 rings (SSSR count). The summed E-state index contributed by atoms with van der Waals surface area (Å²) in [5.74, 6) is 0. The van der Waals surface area contributed by atoms with E-state index in [1.165, 1.54) is 11.3 Å². The van der Waals surface area contributed by atoms with Crippen LogP contribution in [-0.4, -0.2) is 37.1 Å². The first kappa shape index (κ1) is 17.3. The summed E-state index contributed by atoms with van der Waals surface area (Å²) in [7, 11) is 0. The predicted octanol–water partition coefficient (Wildman–Crippen LogP) is 3.98. The molecule has 2 aromatic rings. The highest BCUT2D eigenvalue weighted by molar-refractivity contribution is 9.10. The van der Waals surface area contributed by atoms with Gasteiger partial charge in [-0.3, -0.25) is 0 Å². The van der Waals surface area contributed by atoms with E-state index in [1.54, 1.807) is 23.1 Å². The summed E-state index contributed by atoms with van der Waals surface area (Å²) in [6, 6.07) is 15.3. The van der Waals surface area contributed by atoms with Crippen molar-refractivity contribution in [3.63, 3.8) is 0 Å². The van der Waals surface area contributed by atoms with Gasteiger partial charge in [-0.2, -0.15) is 5.26 Å². The summed E-state index contributed by atoms with van der Waals surface area (Å²) in [5.41, 5.74) is 3.40. The molecule has 1 fully saturated rings. The van der Waals surface area contributed by atoms with Crippen LogP contribution in [0.1, 0.15) is 11.1 Å². The summed E-state index contributed by atoms with van der Waals surface area (Å²) < 4.78 is 1.10. The van der Waals surface area contributed by atoms with Crippen molar-refractivity contribution in [2.24, 2.45) is 0 Å². The Hall–Kier alpha value is -2.52. The fourth-order valence-electron chi connectivity index (χ4n) is 2.88. The van der Waals surface area contributed by atoms with Gasteiger partial charge in [-0.15, -0.1) is 0 Å². The van der Waals surface area contributed by atoms with Crippen molar-refractivity contribution >= 4 is 33.3 Å². The number of benzene rings is 2. The highest BCUT2D eigenvalue weighted by atomic mass is 79.9. The summed E-state index contributed by atoms with van der Waals surface area (Å²) in [5, 5.41) is 12.0. The van der Waals surface area contributed by atoms with Crippen molar-refractivity contribution in [2.75, 3.05) is 36.4 Å². The Morgan fingerprint density at radius 3 is 2.56 bits per heavy atom. The first-order chi connectivity index (χ1) is 12.1. The van der Waals surface area contributed by atoms with E-state index in [9.17, 15) is 4.79 Å². The van der Waals surface area contributed by atoms with Gasteiger partial charge in [0.2, 0.25) is 0 Å². The topological polar surface area (TPSA) is 59.4 Å². The molecule has 0 aromatic heterocycles. The van der Waals surface area contributed by atoms with Crippen LogP contribution in [0.2, 0.25) is 0 Å². The summed E-state index contributed by atoms with van der Waals surface area (Å²) >= 11 is 3.52. The average Bonchev–Trinajstić information content (AvgIpc) is 2.64. The Morgan fingerprint density at radius 1 is 1.16 bits per heavy atom. The Labute approximate surface area is 156 Å². The van der Waals surface area contributed by atoms with E-state index in [0.29, 0.717) is 24.3 Å². The van der Waals surface area contributed by atoms with Gasteiger partial charge in [0, 0.05) is 36.3 Å². The van der Waals surface area contributed by atoms with Gasteiger partial charge < -0.3 is 15.1 Å². The lowest BCUT2D eigenvalue weighted by Gasteiger charge is -2.36. The second kappa shape index (κ2) is 7.58. The van der Waals surface area contributed by atoms with Crippen LogP contribution in [0.3, 0.4) is 0 Å². The zero-order chi connectivity index (χ0) is 17.8. The number of rotatable bonds is 2. The third-order valence-corrected chi connectivity index (χ3v) is 5.25. The number of carbonyl (C=O) groups excluding carboxylic acids is 1. The molecule has 0 radical (unpaired) electrons. The molecule has 1 saturated heterocycles. The van der Waals surface area contributed by atoms with Crippen LogP contribution in [0.15, 0.2) is 46.9 Å². The fraction of sp³-hybridized carbons (Fsp3) is 0.263. The molecule has 25 heavy (non-hydrogen) atoms. The molecule has 0 atom stereocenters. The molecule has 0 spiro atoms. The average molecular weight is 399 g/mol. The zero-order valence-electron chi connectivity index (χ0n) is 14.0. The molecule has 6 heteroatoms. The largest absolute Gasteiger partial charge is 0.368 e. The van der Waals surface area contributed by atoms with Gasteiger partial charge in [-0.05, 0) is 42.8 Å². The van der Waals surface area contributed by atoms with Crippen molar-refractivity contribution in [2.45, 2.75) is 6.92 Å². The van der Waals surface area contributed by atoms with Gasteiger partial charge in [-0.1, -0.05) is 28.1 Å². The predicted molar refractivity (Wildman–Crippen MR) is 103 cm³/mol. The van der Waals surface area contributed by atoms with E-state index < -0.39 is 0 Å². The summed E-state index contributed by atoms with van der Waals surface area (Å²) in [4.78, 5) is 16.5. The van der Waals surface area contributed by atoms with Gasteiger partial charge in [0.25, 0.3) is 0 Å². The highest BCUT2D eigenvalue weighted by Crippen LogP contribution is 2.24. The number of nitriles is 1.